The Morgan fingerprint density at radius 1 is 0.970 bits per heavy atom. The summed E-state index contributed by atoms with van der Waals surface area (Å²) in [6.07, 6.45) is 3.09. The van der Waals surface area contributed by atoms with Crippen molar-refractivity contribution in [3.05, 3.63) is 59.7 Å². The Kier molecular flexibility index (Phi) is 5.56. The molecule has 7 heteroatoms. The van der Waals surface area contributed by atoms with E-state index in [4.69, 9.17) is 4.74 Å². The van der Waals surface area contributed by atoms with Crippen LogP contribution in [0.3, 0.4) is 0 Å². The van der Waals surface area contributed by atoms with Crippen LogP contribution in [0.2, 0.25) is 0 Å². The van der Waals surface area contributed by atoms with E-state index < -0.39 is 23.5 Å². The first kappa shape index (κ1) is 21.5. The van der Waals surface area contributed by atoms with Crippen molar-refractivity contribution in [3.63, 3.8) is 0 Å². The first-order valence-corrected chi connectivity index (χ1v) is 11.6. The van der Waals surface area contributed by atoms with E-state index in [9.17, 15) is 19.5 Å². The van der Waals surface area contributed by atoms with Crippen LogP contribution < -0.4 is 10.6 Å². The quantitative estimate of drug-likeness (QED) is 0.597. The van der Waals surface area contributed by atoms with Crippen LogP contribution in [0, 0.1) is 5.92 Å². The second-order valence-corrected chi connectivity index (χ2v) is 9.46. The average Bonchev–Trinajstić information content (AvgIpc) is 3.24. The van der Waals surface area contributed by atoms with Gasteiger partial charge in [0, 0.05) is 18.4 Å². The number of fused-ring (bicyclic) bond motifs is 3. The van der Waals surface area contributed by atoms with Crippen molar-refractivity contribution in [1.29, 1.82) is 0 Å². The van der Waals surface area contributed by atoms with E-state index >= 15 is 0 Å². The number of rotatable bonds is 7. The number of carbonyl (C=O) groups is 3. The Hall–Kier alpha value is -3.35. The van der Waals surface area contributed by atoms with E-state index in [2.05, 4.69) is 34.9 Å². The molecule has 0 bridgehead atoms. The molecule has 0 heterocycles. The van der Waals surface area contributed by atoms with E-state index in [1.165, 1.54) is 11.1 Å². The van der Waals surface area contributed by atoms with E-state index in [0.717, 1.165) is 17.5 Å². The molecular formula is C26H28N2O5. The first-order chi connectivity index (χ1) is 16.0. The molecule has 172 valence electrons. The maximum absolute atomic E-state index is 12.6. The summed E-state index contributed by atoms with van der Waals surface area (Å²) in [4.78, 5) is 36.5. The first-order valence-electron chi connectivity index (χ1n) is 11.6. The summed E-state index contributed by atoms with van der Waals surface area (Å²) in [5.74, 6) is -1.63. The summed E-state index contributed by atoms with van der Waals surface area (Å²) < 4.78 is 5.62. The molecule has 2 saturated carbocycles. The van der Waals surface area contributed by atoms with Crippen molar-refractivity contribution < 1.29 is 24.2 Å². The summed E-state index contributed by atoms with van der Waals surface area (Å²) in [6.45, 7) is 0.227. The number of hydrogen-bond acceptors (Lipinski definition) is 4. The van der Waals surface area contributed by atoms with Crippen LogP contribution in [-0.2, 0) is 14.3 Å². The minimum atomic E-state index is -0.865. The molecule has 7 nitrogen and oxygen atoms in total. The zero-order valence-electron chi connectivity index (χ0n) is 18.4. The van der Waals surface area contributed by atoms with Crippen LogP contribution in [0.1, 0.15) is 55.6 Å². The highest BCUT2D eigenvalue weighted by Gasteiger charge is 2.47. The highest BCUT2D eigenvalue weighted by Crippen LogP contribution is 2.44. The lowest BCUT2D eigenvalue weighted by Gasteiger charge is -2.21. The standard InChI is InChI=1S/C26H28N2O5/c29-23(27-22-11-5-10-20(22)24(30)31)14-26(12-13-26)28-25(32)33-15-21-18-8-3-1-6-16(18)17-7-2-4-9-19(17)21/h1-4,6-9,20-22H,5,10-15H2,(H,27,29)(H,28,32)(H,30,31)/t20-,22+/m1/s1. The van der Waals surface area contributed by atoms with Gasteiger partial charge in [0.2, 0.25) is 5.91 Å². The third-order valence-electron chi connectivity index (χ3n) is 7.24. The maximum Gasteiger partial charge on any atom is 0.407 e. The summed E-state index contributed by atoms with van der Waals surface area (Å²) in [7, 11) is 0. The monoisotopic (exact) mass is 448 g/mol. The number of aliphatic carboxylic acids is 1. The Balaban J connectivity index is 1.16. The van der Waals surface area contributed by atoms with Gasteiger partial charge in [-0.25, -0.2) is 4.79 Å². The van der Waals surface area contributed by atoms with Crippen molar-refractivity contribution in [2.24, 2.45) is 5.92 Å². The number of hydrogen-bond donors (Lipinski definition) is 3. The van der Waals surface area contributed by atoms with Crippen molar-refractivity contribution in [2.75, 3.05) is 6.61 Å². The molecule has 2 amide bonds. The van der Waals surface area contributed by atoms with Gasteiger partial charge in [-0.15, -0.1) is 0 Å². The third kappa shape index (κ3) is 4.32. The smallest absolute Gasteiger partial charge is 0.407 e. The molecule has 2 fully saturated rings. The van der Waals surface area contributed by atoms with Crippen LogP contribution in [-0.4, -0.2) is 41.3 Å². The molecule has 33 heavy (non-hydrogen) atoms. The molecule has 0 aliphatic heterocycles. The predicted molar refractivity (Wildman–Crippen MR) is 122 cm³/mol. The molecule has 3 aliphatic carbocycles. The number of nitrogens with one attached hydrogen (secondary N) is 2. The van der Waals surface area contributed by atoms with Crippen molar-refractivity contribution >= 4 is 18.0 Å². The Morgan fingerprint density at radius 3 is 2.21 bits per heavy atom. The Morgan fingerprint density at radius 2 is 1.61 bits per heavy atom. The average molecular weight is 449 g/mol. The Bertz CT molecular complexity index is 1050. The molecule has 5 rings (SSSR count). The van der Waals surface area contributed by atoms with Crippen LogP contribution >= 0.6 is 0 Å². The second kappa shape index (κ2) is 8.54. The normalized spacial score (nSPS) is 22.2. The number of carboxylic acid groups (broad SMARTS) is 1. The molecule has 0 aromatic heterocycles. The number of carboxylic acids is 1. The fraction of sp³-hybridized carbons (Fsp3) is 0.423. The van der Waals surface area contributed by atoms with Crippen LogP contribution in [0.15, 0.2) is 48.5 Å². The van der Waals surface area contributed by atoms with E-state index in [1.807, 2.05) is 24.3 Å². The van der Waals surface area contributed by atoms with Crippen LogP contribution in [0.25, 0.3) is 11.1 Å². The lowest BCUT2D eigenvalue weighted by atomic mass is 9.98. The lowest BCUT2D eigenvalue weighted by Crippen LogP contribution is -2.45. The summed E-state index contributed by atoms with van der Waals surface area (Å²) in [5.41, 5.74) is 4.05. The summed E-state index contributed by atoms with van der Waals surface area (Å²) in [5, 5.41) is 15.1. The van der Waals surface area contributed by atoms with Crippen LogP contribution in [0.4, 0.5) is 4.79 Å². The van der Waals surface area contributed by atoms with Gasteiger partial charge in [0.15, 0.2) is 0 Å². The van der Waals surface area contributed by atoms with Gasteiger partial charge in [0.25, 0.3) is 0 Å². The molecule has 0 unspecified atom stereocenters. The highest BCUT2D eigenvalue weighted by atomic mass is 16.5. The molecule has 2 aromatic rings. The molecule has 3 aliphatic rings. The van der Waals surface area contributed by atoms with Gasteiger partial charge < -0.3 is 20.5 Å². The van der Waals surface area contributed by atoms with Crippen molar-refractivity contribution in [3.8, 4) is 11.1 Å². The van der Waals surface area contributed by atoms with Gasteiger partial charge in [-0.05, 0) is 47.9 Å². The zero-order valence-corrected chi connectivity index (χ0v) is 18.4. The van der Waals surface area contributed by atoms with Crippen molar-refractivity contribution in [1.82, 2.24) is 10.6 Å². The summed E-state index contributed by atoms with van der Waals surface area (Å²) >= 11 is 0. The zero-order chi connectivity index (χ0) is 23.0. The van der Waals surface area contributed by atoms with Gasteiger partial charge in [-0.1, -0.05) is 55.0 Å². The second-order valence-electron chi connectivity index (χ2n) is 9.46. The minimum absolute atomic E-state index is 0.0167. The number of carbonyl (C=O) groups excluding carboxylic acids is 2. The molecule has 3 N–H and O–H groups in total. The molecule has 0 radical (unpaired) electrons. The highest BCUT2D eigenvalue weighted by molar-refractivity contribution is 5.81. The molecule has 2 aromatic carbocycles. The number of benzene rings is 2. The minimum Gasteiger partial charge on any atom is -0.481 e. The van der Waals surface area contributed by atoms with Gasteiger partial charge in [0.05, 0.1) is 11.5 Å². The molecule has 0 saturated heterocycles. The van der Waals surface area contributed by atoms with E-state index in [-0.39, 0.29) is 30.9 Å². The largest absolute Gasteiger partial charge is 0.481 e. The maximum atomic E-state index is 12.6. The lowest BCUT2D eigenvalue weighted by molar-refractivity contribution is -0.142. The van der Waals surface area contributed by atoms with Crippen LogP contribution in [0.5, 0.6) is 0 Å². The van der Waals surface area contributed by atoms with Crippen molar-refractivity contribution in [2.45, 2.75) is 56.0 Å². The number of ether oxygens (including phenoxy) is 1. The third-order valence-corrected chi connectivity index (χ3v) is 7.24. The Labute approximate surface area is 192 Å². The molecular weight excluding hydrogens is 420 g/mol. The van der Waals surface area contributed by atoms with Gasteiger partial charge >= 0.3 is 12.1 Å². The summed E-state index contributed by atoms with van der Waals surface area (Å²) in [6, 6.07) is 16.0. The van der Waals surface area contributed by atoms with E-state index in [0.29, 0.717) is 25.7 Å². The SMILES string of the molecule is O=C(CC1(NC(=O)OCC2c3ccccc3-c3ccccc32)CC1)N[C@H]1CCC[C@H]1C(=O)O. The van der Waals surface area contributed by atoms with Gasteiger partial charge in [-0.2, -0.15) is 0 Å². The topological polar surface area (TPSA) is 105 Å². The predicted octanol–water partition coefficient (Wildman–Crippen LogP) is 3.82. The van der Waals surface area contributed by atoms with E-state index in [1.54, 1.807) is 0 Å². The molecule has 2 atom stereocenters. The molecule has 0 spiro atoms. The number of alkyl carbamates (subject to hydrolysis) is 1. The fourth-order valence-corrected chi connectivity index (χ4v) is 5.34. The van der Waals surface area contributed by atoms with Gasteiger partial charge in [-0.3, -0.25) is 9.59 Å². The van der Waals surface area contributed by atoms with Gasteiger partial charge in [0.1, 0.15) is 6.61 Å². The number of amides is 2. The fourth-order valence-electron chi connectivity index (χ4n) is 5.34.